The Hall–Kier alpha value is -0.900. The average Bonchev–Trinajstić information content (AvgIpc) is 3.00. The van der Waals surface area contributed by atoms with Crippen LogP contribution in [0.1, 0.15) is 32.6 Å². The molecule has 1 saturated carbocycles. The summed E-state index contributed by atoms with van der Waals surface area (Å²) >= 11 is 0. The molecule has 2 heterocycles. The van der Waals surface area contributed by atoms with E-state index in [-0.39, 0.29) is 0 Å². The number of halogens is 3. The lowest BCUT2D eigenvalue weighted by atomic mass is 9.98. The summed E-state index contributed by atoms with van der Waals surface area (Å²) in [4.78, 5) is 11.6. The molecule has 3 atom stereocenters. The summed E-state index contributed by atoms with van der Waals surface area (Å²) in [6.45, 7) is 7.97. The number of aliphatic carboxylic acids is 1. The molecule has 3 aliphatic rings. The second-order valence-corrected chi connectivity index (χ2v) is 6.83. The van der Waals surface area contributed by atoms with Gasteiger partial charge in [0.15, 0.2) is 0 Å². The molecule has 152 valence electrons. The van der Waals surface area contributed by atoms with Gasteiger partial charge in [-0.3, -0.25) is 4.90 Å². The third-order valence-electron chi connectivity index (χ3n) is 5.11. The zero-order chi connectivity index (χ0) is 19.2. The first kappa shape index (κ1) is 21.4. The Labute approximate surface area is 151 Å². The lowest BCUT2D eigenvalue weighted by Gasteiger charge is -2.41. The van der Waals surface area contributed by atoms with Gasteiger partial charge in [0.25, 0.3) is 0 Å². The van der Waals surface area contributed by atoms with E-state index in [2.05, 4.69) is 11.8 Å². The van der Waals surface area contributed by atoms with Crippen LogP contribution in [0.4, 0.5) is 13.2 Å². The van der Waals surface area contributed by atoms with Gasteiger partial charge in [0.05, 0.1) is 18.8 Å². The van der Waals surface area contributed by atoms with Gasteiger partial charge in [-0.1, -0.05) is 0 Å². The molecule has 3 fully saturated rings. The molecule has 26 heavy (non-hydrogen) atoms. The Morgan fingerprint density at radius 3 is 2.42 bits per heavy atom. The number of alkyl halides is 3. The average molecular weight is 383 g/mol. The normalized spacial score (nSPS) is 30.4. The van der Waals surface area contributed by atoms with E-state index in [0.717, 1.165) is 45.3 Å². The van der Waals surface area contributed by atoms with Crippen LogP contribution in [0.15, 0.2) is 0 Å². The Kier molecular flexibility index (Phi) is 8.12. The van der Waals surface area contributed by atoms with Crippen molar-refractivity contribution in [2.24, 2.45) is 5.92 Å². The largest absolute Gasteiger partial charge is 0.490 e. The molecule has 2 aliphatic heterocycles. The van der Waals surface area contributed by atoms with E-state index in [1.165, 1.54) is 25.8 Å². The standard InChI is InChI=1S/C15H27NO3.C2HF3O2/c1-2-18-14-4-3-13-15(14)19-10-7-16(13)11-12-5-8-17-9-6-12;3-2(4,5)1(6)7/h12-15H,2-11H2,1H3;(H,6,7)/t13-,14+,15+;/m0./s1. The van der Waals surface area contributed by atoms with Gasteiger partial charge in [-0.2, -0.15) is 13.2 Å². The Balaban J connectivity index is 0.000000298. The van der Waals surface area contributed by atoms with Crippen LogP contribution >= 0.6 is 0 Å². The highest BCUT2D eigenvalue weighted by molar-refractivity contribution is 5.73. The molecule has 1 N–H and O–H groups in total. The highest BCUT2D eigenvalue weighted by atomic mass is 19.4. The Morgan fingerprint density at radius 1 is 1.19 bits per heavy atom. The molecule has 0 aromatic rings. The molecule has 0 radical (unpaired) electrons. The summed E-state index contributed by atoms with van der Waals surface area (Å²) in [6.07, 6.45) is 0.403. The Morgan fingerprint density at radius 2 is 1.85 bits per heavy atom. The molecule has 3 rings (SSSR count). The third-order valence-corrected chi connectivity index (χ3v) is 5.11. The molecule has 0 spiro atoms. The molecule has 2 saturated heterocycles. The highest BCUT2D eigenvalue weighted by Gasteiger charge is 2.43. The van der Waals surface area contributed by atoms with Gasteiger partial charge in [0.1, 0.15) is 0 Å². The molecule has 0 amide bonds. The van der Waals surface area contributed by atoms with Crippen molar-refractivity contribution in [2.45, 2.75) is 57.0 Å². The molecule has 0 aromatic carbocycles. The van der Waals surface area contributed by atoms with Crippen LogP contribution < -0.4 is 0 Å². The molecule has 0 bridgehead atoms. The lowest BCUT2D eigenvalue weighted by molar-refractivity contribution is -0.192. The summed E-state index contributed by atoms with van der Waals surface area (Å²) in [6, 6.07) is 0.591. The van der Waals surface area contributed by atoms with Crippen molar-refractivity contribution in [1.29, 1.82) is 0 Å². The molecular weight excluding hydrogens is 355 g/mol. The smallest absolute Gasteiger partial charge is 0.475 e. The number of fused-ring (bicyclic) bond motifs is 1. The fourth-order valence-electron chi connectivity index (χ4n) is 3.87. The van der Waals surface area contributed by atoms with Crippen LogP contribution in [0.3, 0.4) is 0 Å². The van der Waals surface area contributed by atoms with Crippen LogP contribution in [-0.4, -0.2) is 79.9 Å². The van der Waals surface area contributed by atoms with Crippen molar-refractivity contribution in [3.63, 3.8) is 0 Å². The van der Waals surface area contributed by atoms with Gasteiger partial charge in [-0.05, 0) is 38.5 Å². The number of hydrogen-bond acceptors (Lipinski definition) is 5. The van der Waals surface area contributed by atoms with Gasteiger partial charge < -0.3 is 19.3 Å². The minimum absolute atomic E-state index is 0.313. The van der Waals surface area contributed by atoms with Crippen molar-refractivity contribution in [2.75, 3.05) is 39.5 Å². The van der Waals surface area contributed by atoms with E-state index in [1.54, 1.807) is 0 Å². The van der Waals surface area contributed by atoms with E-state index in [4.69, 9.17) is 24.1 Å². The first-order chi connectivity index (χ1) is 12.3. The third kappa shape index (κ3) is 6.07. The molecule has 9 heteroatoms. The lowest BCUT2D eigenvalue weighted by Crippen LogP contribution is -2.53. The number of carboxylic acids is 1. The summed E-state index contributed by atoms with van der Waals surface area (Å²) in [7, 11) is 0. The quantitative estimate of drug-likeness (QED) is 0.804. The van der Waals surface area contributed by atoms with Crippen LogP contribution in [0.25, 0.3) is 0 Å². The van der Waals surface area contributed by atoms with E-state index >= 15 is 0 Å². The summed E-state index contributed by atoms with van der Waals surface area (Å²) in [5.41, 5.74) is 0. The van der Waals surface area contributed by atoms with Crippen molar-refractivity contribution >= 4 is 5.97 Å². The predicted octanol–water partition coefficient (Wildman–Crippen LogP) is 2.31. The van der Waals surface area contributed by atoms with E-state index in [9.17, 15) is 13.2 Å². The second-order valence-electron chi connectivity index (χ2n) is 6.83. The number of morpholine rings is 1. The zero-order valence-corrected chi connectivity index (χ0v) is 15.0. The monoisotopic (exact) mass is 383 g/mol. The number of carbonyl (C=O) groups is 1. The van der Waals surface area contributed by atoms with Crippen LogP contribution in [0, 0.1) is 5.92 Å². The predicted molar refractivity (Wildman–Crippen MR) is 87.0 cm³/mol. The van der Waals surface area contributed by atoms with Crippen molar-refractivity contribution in [3.05, 3.63) is 0 Å². The number of ether oxygens (including phenoxy) is 3. The molecule has 6 nitrogen and oxygen atoms in total. The van der Waals surface area contributed by atoms with E-state index in [0.29, 0.717) is 18.2 Å². The fourth-order valence-corrected chi connectivity index (χ4v) is 3.87. The number of nitrogens with zero attached hydrogens (tertiary/aromatic N) is 1. The van der Waals surface area contributed by atoms with Crippen molar-refractivity contribution < 1.29 is 37.3 Å². The van der Waals surface area contributed by atoms with Crippen LogP contribution in [-0.2, 0) is 19.0 Å². The maximum absolute atomic E-state index is 10.6. The summed E-state index contributed by atoms with van der Waals surface area (Å²) < 4.78 is 49.0. The number of hydrogen-bond donors (Lipinski definition) is 1. The molecule has 0 unspecified atom stereocenters. The minimum atomic E-state index is -5.08. The van der Waals surface area contributed by atoms with E-state index in [1.807, 2.05) is 0 Å². The molecule has 1 aliphatic carbocycles. The maximum Gasteiger partial charge on any atom is 0.490 e. The fraction of sp³-hybridized carbons (Fsp3) is 0.941. The van der Waals surface area contributed by atoms with Crippen molar-refractivity contribution in [1.82, 2.24) is 4.90 Å². The second kappa shape index (κ2) is 9.87. The van der Waals surface area contributed by atoms with Gasteiger partial charge in [-0.15, -0.1) is 0 Å². The first-order valence-electron chi connectivity index (χ1n) is 9.18. The highest BCUT2D eigenvalue weighted by Crippen LogP contribution is 2.33. The number of carboxylic acid groups (broad SMARTS) is 1. The van der Waals surface area contributed by atoms with E-state index < -0.39 is 12.1 Å². The summed E-state index contributed by atoms with van der Waals surface area (Å²) in [5.74, 6) is -1.94. The topological polar surface area (TPSA) is 68.2 Å². The van der Waals surface area contributed by atoms with Gasteiger partial charge >= 0.3 is 12.1 Å². The first-order valence-corrected chi connectivity index (χ1v) is 9.18. The molecular formula is C17H28F3NO5. The van der Waals surface area contributed by atoms with Gasteiger partial charge in [0.2, 0.25) is 0 Å². The minimum Gasteiger partial charge on any atom is -0.475 e. The van der Waals surface area contributed by atoms with Crippen LogP contribution in [0.5, 0.6) is 0 Å². The van der Waals surface area contributed by atoms with Crippen molar-refractivity contribution in [3.8, 4) is 0 Å². The summed E-state index contributed by atoms with van der Waals surface area (Å²) in [5, 5.41) is 7.12. The van der Waals surface area contributed by atoms with Gasteiger partial charge in [0, 0.05) is 39.0 Å². The number of rotatable bonds is 4. The van der Waals surface area contributed by atoms with Crippen LogP contribution in [0.2, 0.25) is 0 Å². The molecule has 0 aromatic heterocycles. The zero-order valence-electron chi connectivity index (χ0n) is 15.0. The van der Waals surface area contributed by atoms with Gasteiger partial charge in [-0.25, -0.2) is 4.79 Å². The SMILES string of the molecule is CCO[C@@H]1CC[C@H]2[C@H]1OCCN2CC1CCOCC1.O=C(O)C(F)(F)F. The Bertz CT molecular complexity index is 443. The maximum atomic E-state index is 10.6.